The molecule has 3 aliphatic heterocycles. The van der Waals surface area contributed by atoms with Crippen molar-refractivity contribution in [1.29, 1.82) is 0 Å². The summed E-state index contributed by atoms with van der Waals surface area (Å²) in [6.07, 6.45) is 11.3. The first-order chi connectivity index (χ1) is 26.2. The van der Waals surface area contributed by atoms with Crippen molar-refractivity contribution < 1.29 is 37.2 Å². The Balaban J connectivity index is 1.24. The van der Waals surface area contributed by atoms with E-state index < -0.39 is 40.3 Å². The molecule has 4 fully saturated rings. The minimum atomic E-state index is -2.65. The van der Waals surface area contributed by atoms with Crippen LogP contribution in [0.15, 0.2) is 24.3 Å². The van der Waals surface area contributed by atoms with Crippen molar-refractivity contribution in [2.75, 3.05) is 38.3 Å². The second kappa shape index (κ2) is 13.7. The number of terminal acetylenes is 1. The molecule has 1 aromatic heterocycles. The predicted molar refractivity (Wildman–Crippen MR) is 200 cm³/mol. The van der Waals surface area contributed by atoms with Crippen molar-refractivity contribution in [2.24, 2.45) is 11.1 Å². The molecule has 0 radical (unpaired) electrons. The normalized spacial score (nSPS) is 29.7. The Labute approximate surface area is 317 Å². The van der Waals surface area contributed by atoms with Gasteiger partial charge in [-0.25, -0.2) is 17.6 Å². The Morgan fingerprint density at radius 3 is 2.51 bits per heavy atom. The van der Waals surface area contributed by atoms with E-state index >= 15 is 8.78 Å². The van der Waals surface area contributed by atoms with Gasteiger partial charge in [-0.3, -0.25) is 4.90 Å². The Morgan fingerprint density at radius 1 is 1.04 bits per heavy atom. The fraction of sp³-hybridized carbons (Fsp3) is 0.561. The summed E-state index contributed by atoms with van der Waals surface area (Å²) in [7, 11) is 1.42. The maximum Gasteiger partial charge on any atom is 0.319 e. The lowest BCUT2D eigenvalue weighted by molar-refractivity contribution is -0.121. The lowest BCUT2D eigenvalue weighted by atomic mass is 9.70. The number of ether oxygens (including phenoxy) is 2. The summed E-state index contributed by atoms with van der Waals surface area (Å²) in [6.45, 7) is 3.30. The number of hydrogen-bond donors (Lipinski definition) is 4. The number of alkyl halides is 2. The Morgan fingerprint density at radius 2 is 1.78 bits per heavy atom. The van der Waals surface area contributed by atoms with Crippen LogP contribution in [0.25, 0.3) is 22.5 Å². The number of anilines is 1. The number of β-amino-alcohol motifs (C(OH)–C–C–N with tert-alkyl or cyclic N) is 1. The van der Waals surface area contributed by atoms with E-state index in [9.17, 15) is 19.0 Å². The molecule has 5 aliphatic rings. The van der Waals surface area contributed by atoms with Gasteiger partial charge in [-0.1, -0.05) is 12.0 Å². The summed E-state index contributed by atoms with van der Waals surface area (Å²) in [5.41, 5.74) is 5.08. The zero-order valence-corrected chi connectivity index (χ0v) is 31.2. The fourth-order valence-corrected chi connectivity index (χ4v) is 10.2. The van der Waals surface area contributed by atoms with Crippen molar-refractivity contribution in [3.63, 3.8) is 0 Å². The molecule has 10 nitrogen and oxygen atoms in total. The van der Waals surface area contributed by atoms with Crippen molar-refractivity contribution in [2.45, 2.75) is 107 Å². The van der Waals surface area contributed by atoms with Gasteiger partial charge in [-0.2, -0.15) is 9.97 Å². The Bertz CT molecular complexity index is 2190. The van der Waals surface area contributed by atoms with Gasteiger partial charge < -0.3 is 35.6 Å². The molecule has 5 N–H and O–H groups in total. The van der Waals surface area contributed by atoms with Crippen LogP contribution in [-0.4, -0.2) is 81.7 Å². The number of phenolic OH excluding ortho intramolecular Hbond substituents is 1. The van der Waals surface area contributed by atoms with Crippen LogP contribution in [0.5, 0.6) is 11.8 Å². The number of fused-ring (bicyclic) bond motifs is 3. The van der Waals surface area contributed by atoms with Crippen LogP contribution in [0.1, 0.15) is 94.7 Å². The second-order valence-corrected chi connectivity index (χ2v) is 16.5. The molecule has 294 valence electrons. The number of aromatic hydroxyl groups is 1. The summed E-state index contributed by atoms with van der Waals surface area (Å²) in [5, 5.41) is 25.7. The monoisotopic (exact) mass is 764 g/mol. The van der Waals surface area contributed by atoms with Gasteiger partial charge in [0.15, 0.2) is 5.83 Å². The lowest BCUT2D eigenvalue weighted by Gasteiger charge is -2.57. The Kier molecular flexibility index (Phi) is 9.37. The highest BCUT2D eigenvalue weighted by atomic mass is 19.3. The Hall–Kier alpha value is -4.32. The molecule has 2 saturated heterocycles. The number of halogens is 4. The van der Waals surface area contributed by atoms with E-state index in [1.807, 2.05) is 4.90 Å². The third-order valence-electron chi connectivity index (χ3n) is 12.9. The average Bonchev–Trinajstić information content (AvgIpc) is 3.50. The molecule has 2 aromatic carbocycles. The van der Waals surface area contributed by atoms with Crippen LogP contribution >= 0.6 is 0 Å². The highest BCUT2D eigenvalue weighted by molar-refractivity contribution is 5.94. The first-order valence-electron chi connectivity index (χ1n) is 19.3. The quantitative estimate of drug-likeness (QED) is 0.197. The first kappa shape index (κ1) is 37.6. The summed E-state index contributed by atoms with van der Waals surface area (Å²) in [5.74, 6) is -1.46. The average molecular weight is 765 g/mol. The molecule has 2 saturated carbocycles. The van der Waals surface area contributed by atoms with Crippen LogP contribution in [0.2, 0.25) is 0 Å². The van der Waals surface area contributed by atoms with Gasteiger partial charge in [0, 0.05) is 49.3 Å². The minimum Gasteiger partial charge on any atom is -0.508 e. The van der Waals surface area contributed by atoms with Crippen LogP contribution in [0.3, 0.4) is 0 Å². The highest BCUT2D eigenvalue weighted by Crippen LogP contribution is 2.54. The number of aliphatic hydroxyl groups is 1. The molecule has 2 aliphatic carbocycles. The second-order valence-electron chi connectivity index (χ2n) is 16.5. The van der Waals surface area contributed by atoms with Gasteiger partial charge in [-0.15, -0.1) is 6.42 Å². The third kappa shape index (κ3) is 6.42. The van der Waals surface area contributed by atoms with E-state index in [2.05, 4.69) is 21.1 Å². The molecule has 14 heteroatoms. The maximum absolute atomic E-state index is 17.4. The van der Waals surface area contributed by atoms with Gasteiger partial charge >= 0.3 is 6.01 Å². The molecule has 0 bridgehead atoms. The van der Waals surface area contributed by atoms with E-state index in [1.54, 1.807) is 6.92 Å². The number of rotatable bonds is 7. The molecule has 4 atom stereocenters. The zero-order valence-electron chi connectivity index (χ0n) is 31.2. The molecule has 0 spiro atoms. The van der Waals surface area contributed by atoms with Crippen LogP contribution in [-0.2, 0) is 4.74 Å². The smallest absolute Gasteiger partial charge is 0.319 e. The summed E-state index contributed by atoms with van der Waals surface area (Å²) in [6, 6.07) is 3.97. The van der Waals surface area contributed by atoms with E-state index in [0.717, 1.165) is 32.2 Å². The highest BCUT2D eigenvalue weighted by Gasteiger charge is 2.59. The van der Waals surface area contributed by atoms with Gasteiger partial charge in [0.25, 0.3) is 0 Å². The van der Waals surface area contributed by atoms with E-state index in [1.165, 1.54) is 31.4 Å². The number of aromatic nitrogens is 2. The number of likely N-dealkylation sites (tertiary alicyclic amines) is 1. The number of phenols is 1. The van der Waals surface area contributed by atoms with E-state index in [-0.39, 0.29) is 76.8 Å². The predicted octanol–water partition coefficient (Wildman–Crippen LogP) is 4.82. The number of hydrogen-bond acceptors (Lipinski definition) is 10. The largest absolute Gasteiger partial charge is 0.508 e. The molecular formula is C41H48F4N6O4. The molecule has 4 heterocycles. The number of piperidine rings is 2. The van der Waals surface area contributed by atoms with Crippen molar-refractivity contribution in [3.05, 3.63) is 51.8 Å². The summed E-state index contributed by atoms with van der Waals surface area (Å²) >= 11 is 0. The summed E-state index contributed by atoms with van der Waals surface area (Å²) < 4.78 is 73.2. The summed E-state index contributed by atoms with van der Waals surface area (Å²) in [4.78, 5) is 13.7. The van der Waals surface area contributed by atoms with Gasteiger partial charge in [0.05, 0.1) is 23.9 Å². The van der Waals surface area contributed by atoms with Crippen LogP contribution in [0.4, 0.5) is 23.4 Å². The molecule has 3 unspecified atom stereocenters. The first-order valence-corrected chi connectivity index (χ1v) is 19.3. The topological polar surface area (TPSA) is 129 Å². The SMILES string of the molecule is C#Cc1c(F)ccc2cc(O)cc(C3NC(OC)=c4c(N5CCC[C@@](C)(O)C5)nc(OCC56CCCN(C7CCC(F)(F)CC7)C5(N)CCC6)nc4=C3F)c12. The molecule has 3 aromatic rings. The van der Waals surface area contributed by atoms with Crippen LogP contribution in [0, 0.1) is 23.6 Å². The molecular weight excluding hydrogens is 716 g/mol. The van der Waals surface area contributed by atoms with Gasteiger partial charge in [-0.05, 0) is 93.9 Å². The third-order valence-corrected chi connectivity index (χ3v) is 12.9. The van der Waals surface area contributed by atoms with E-state index in [0.29, 0.717) is 49.9 Å². The molecule has 8 rings (SSSR count). The number of nitrogens with one attached hydrogen (secondary N) is 1. The zero-order chi connectivity index (χ0) is 38.9. The van der Waals surface area contributed by atoms with Gasteiger partial charge in [0.2, 0.25) is 11.8 Å². The number of nitrogens with zero attached hydrogens (tertiary/aromatic N) is 4. The molecule has 0 amide bonds. The fourth-order valence-electron chi connectivity index (χ4n) is 10.2. The molecule has 55 heavy (non-hydrogen) atoms. The van der Waals surface area contributed by atoms with Crippen molar-refractivity contribution in [3.8, 4) is 24.1 Å². The standard InChI is InChI=1S/C41H48F4N6O4/c1-4-27-29(42)9-8-24-20-26(52)21-28(30(24)27)33-32(43)34-31(36(47-33)54-3)35(50-18-6-12-38(2,53)22-50)49-37(48-34)55-23-39-13-5-15-41(39,46)51(19-7-14-39)25-10-16-40(44,45)17-11-25/h1,8-9,20-21,25,33,47,52-53H,5-7,10-19,22-23,46H2,2-3H3/t33?,38-,39?,41?/m1/s1. The number of benzene rings is 2. The minimum absolute atomic E-state index is 0.0472. The number of methoxy groups -OCH3 is 1. The van der Waals surface area contributed by atoms with Crippen molar-refractivity contribution >= 4 is 28.3 Å². The van der Waals surface area contributed by atoms with Gasteiger partial charge in [0.1, 0.15) is 40.6 Å². The van der Waals surface area contributed by atoms with Crippen molar-refractivity contribution in [1.82, 2.24) is 20.2 Å². The maximum atomic E-state index is 17.4. The lowest BCUT2D eigenvalue weighted by Crippen LogP contribution is -2.70. The number of nitrogens with two attached hydrogens (primary N) is 1. The van der Waals surface area contributed by atoms with Crippen LogP contribution < -0.4 is 31.3 Å². The van der Waals surface area contributed by atoms with E-state index in [4.69, 9.17) is 26.6 Å².